The number of aryl methyl sites for hydroxylation is 1. The van der Waals surface area contributed by atoms with Crippen molar-refractivity contribution in [3.05, 3.63) is 35.4 Å². The predicted octanol–water partition coefficient (Wildman–Crippen LogP) is 1.50. The first-order chi connectivity index (χ1) is 6.31. The minimum Gasteiger partial charge on any atom is -0.394 e. The van der Waals surface area contributed by atoms with Crippen LogP contribution in [0.15, 0.2) is 24.3 Å². The van der Waals surface area contributed by atoms with Crippen molar-refractivity contribution in [1.29, 1.82) is 0 Å². The highest BCUT2D eigenvalue weighted by atomic mass is 16.3. The van der Waals surface area contributed by atoms with Crippen molar-refractivity contribution in [2.75, 3.05) is 13.7 Å². The van der Waals surface area contributed by atoms with E-state index in [1.807, 2.05) is 7.05 Å². The van der Waals surface area contributed by atoms with Crippen LogP contribution >= 0.6 is 0 Å². The van der Waals surface area contributed by atoms with Gasteiger partial charge in [-0.1, -0.05) is 31.2 Å². The van der Waals surface area contributed by atoms with Gasteiger partial charge < -0.3 is 10.4 Å². The molecule has 0 radical (unpaired) electrons. The van der Waals surface area contributed by atoms with E-state index in [-0.39, 0.29) is 12.6 Å². The van der Waals surface area contributed by atoms with Crippen LogP contribution in [0.25, 0.3) is 0 Å². The summed E-state index contributed by atoms with van der Waals surface area (Å²) in [4.78, 5) is 0. The molecule has 0 saturated heterocycles. The van der Waals surface area contributed by atoms with E-state index in [1.54, 1.807) is 0 Å². The molecule has 1 atom stereocenters. The zero-order valence-electron chi connectivity index (χ0n) is 8.25. The van der Waals surface area contributed by atoms with Crippen molar-refractivity contribution < 1.29 is 5.11 Å². The van der Waals surface area contributed by atoms with E-state index in [4.69, 9.17) is 5.11 Å². The highest BCUT2D eigenvalue weighted by Crippen LogP contribution is 2.12. The van der Waals surface area contributed by atoms with Crippen molar-refractivity contribution >= 4 is 0 Å². The van der Waals surface area contributed by atoms with Crippen LogP contribution in [0.4, 0.5) is 0 Å². The molecule has 2 nitrogen and oxygen atoms in total. The molecule has 72 valence electrons. The summed E-state index contributed by atoms with van der Waals surface area (Å²) in [6.07, 6.45) is 1.06. The Labute approximate surface area is 79.6 Å². The van der Waals surface area contributed by atoms with Crippen molar-refractivity contribution in [3.8, 4) is 0 Å². The highest BCUT2D eigenvalue weighted by molar-refractivity contribution is 5.24. The highest BCUT2D eigenvalue weighted by Gasteiger charge is 2.05. The fourth-order valence-corrected chi connectivity index (χ4v) is 1.35. The fourth-order valence-electron chi connectivity index (χ4n) is 1.35. The Kier molecular flexibility index (Phi) is 3.93. The third kappa shape index (κ3) is 2.54. The molecule has 0 aliphatic rings. The van der Waals surface area contributed by atoms with Gasteiger partial charge in [-0.3, -0.25) is 0 Å². The van der Waals surface area contributed by atoms with E-state index in [0.717, 1.165) is 12.0 Å². The number of aliphatic hydroxyl groups excluding tert-OH is 1. The molecule has 0 aliphatic heterocycles. The molecule has 0 aromatic heterocycles. The van der Waals surface area contributed by atoms with Gasteiger partial charge in [0.1, 0.15) is 0 Å². The molecule has 0 saturated carbocycles. The lowest BCUT2D eigenvalue weighted by Gasteiger charge is -2.13. The van der Waals surface area contributed by atoms with Crippen LogP contribution in [0, 0.1) is 0 Å². The third-order valence-electron chi connectivity index (χ3n) is 2.32. The number of aliphatic hydroxyl groups is 1. The Morgan fingerprint density at radius 2 is 1.92 bits per heavy atom. The Morgan fingerprint density at radius 1 is 1.31 bits per heavy atom. The minimum atomic E-state index is 0.0610. The average Bonchev–Trinajstić information content (AvgIpc) is 2.21. The standard InChI is InChI=1S/C11H17NO/c1-3-9-4-6-10(7-5-9)11(8-13)12-2/h4-7,11-13H,3,8H2,1-2H3/t11-/m0/s1. The van der Waals surface area contributed by atoms with E-state index < -0.39 is 0 Å². The first-order valence-corrected chi connectivity index (χ1v) is 4.68. The van der Waals surface area contributed by atoms with Gasteiger partial charge in [0.2, 0.25) is 0 Å². The summed E-state index contributed by atoms with van der Waals surface area (Å²) in [7, 11) is 1.86. The van der Waals surface area contributed by atoms with Gasteiger partial charge in [0, 0.05) is 0 Å². The van der Waals surface area contributed by atoms with E-state index in [0.29, 0.717) is 0 Å². The van der Waals surface area contributed by atoms with Gasteiger partial charge in [-0.05, 0) is 24.6 Å². The molecule has 0 heterocycles. The Balaban J connectivity index is 2.78. The lowest BCUT2D eigenvalue weighted by molar-refractivity contribution is 0.251. The maximum atomic E-state index is 9.04. The van der Waals surface area contributed by atoms with Gasteiger partial charge in [-0.25, -0.2) is 0 Å². The number of rotatable bonds is 4. The molecule has 1 rings (SSSR count). The molecule has 2 heteroatoms. The van der Waals surface area contributed by atoms with Crippen LogP contribution in [-0.4, -0.2) is 18.8 Å². The number of hydrogen-bond acceptors (Lipinski definition) is 2. The van der Waals surface area contributed by atoms with E-state index in [9.17, 15) is 0 Å². The van der Waals surface area contributed by atoms with Crippen LogP contribution in [0.2, 0.25) is 0 Å². The lowest BCUT2D eigenvalue weighted by Crippen LogP contribution is -2.19. The van der Waals surface area contributed by atoms with E-state index >= 15 is 0 Å². The second kappa shape index (κ2) is 5.00. The Bertz CT molecular complexity index is 239. The summed E-state index contributed by atoms with van der Waals surface area (Å²) in [6.45, 7) is 2.28. The quantitative estimate of drug-likeness (QED) is 0.734. The zero-order valence-corrected chi connectivity index (χ0v) is 8.25. The minimum absolute atomic E-state index is 0.0610. The normalized spacial score (nSPS) is 12.8. The molecule has 0 bridgehead atoms. The molecule has 0 spiro atoms. The summed E-state index contributed by atoms with van der Waals surface area (Å²) in [6, 6.07) is 8.41. The maximum absolute atomic E-state index is 9.04. The number of hydrogen-bond donors (Lipinski definition) is 2. The molecule has 2 N–H and O–H groups in total. The second-order valence-corrected chi connectivity index (χ2v) is 3.12. The topological polar surface area (TPSA) is 32.3 Å². The fraction of sp³-hybridized carbons (Fsp3) is 0.455. The Hall–Kier alpha value is -0.860. The van der Waals surface area contributed by atoms with Crippen molar-refractivity contribution in [2.45, 2.75) is 19.4 Å². The number of likely N-dealkylation sites (N-methyl/N-ethyl adjacent to an activating group) is 1. The van der Waals surface area contributed by atoms with Crippen LogP contribution in [0.3, 0.4) is 0 Å². The largest absolute Gasteiger partial charge is 0.394 e. The molecular weight excluding hydrogens is 162 g/mol. The molecule has 13 heavy (non-hydrogen) atoms. The van der Waals surface area contributed by atoms with Crippen molar-refractivity contribution in [3.63, 3.8) is 0 Å². The average molecular weight is 179 g/mol. The van der Waals surface area contributed by atoms with Gasteiger partial charge in [0.05, 0.1) is 12.6 Å². The first kappa shape index (κ1) is 10.2. The van der Waals surface area contributed by atoms with Gasteiger partial charge >= 0.3 is 0 Å². The number of nitrogens with one attached hydrogen (secondary N) is 1. The molecular formula is C11H17NO. The van der Waals surface area contributed by atoms with Gasteiger partial charge in [0.15, 0.2) is 0 Å². The predicted molar refractivity (Wildman–Crippen MR) is 54.7 cm³/mol. The smallest absolute Gasteiger partial charge is 0.0626 e. The molecule has 1 aromatic carbocycles. The van der Waals surface area contributed by atoms with Crippen molar-refractivity contribution in [2.24, 2.45) is 0 Å². The van der Waals surface area contributed by atoms with Gasteiger partial charge in [0.25, 0.3) is 0 Å². The third-order valence-corrected chi connectivity index (χ3v) is 2.32. The first-order valence-electron chi connectivity index (χ1n) is 4.68. The summed E-state index contributed by atoms with van der Waals surface area (Å²) < 4.78 is 0. The van der Waals surface area contributed by atoms with Gasteiger partial charge in [-0.2, -0.15) is 0 Å². The molecule has 0 aliphatic carbocycles. The maximum Gasteiger partial charge on any atom is 0.0626 e. The SMILES string of the molecule is CCc1ccc([C@H](CO)NC)cc1. The summed E-state index contributed by atoms with van der Waals surface area (Å²) in [5.41, 5.74) is 2.47. The van der Waals surface area contributed by atoms with E-state index in [1.165, 1.54) is 5.56 Å². The summed E-state index contributed by atoms with van der Waals surface area (Å²) in [5.74, 6) is 0. The van der Waals surface area contributed by atoms with Crippen LogP contribution in [0.5, 0.6) is 0 Å². The zero-order chi connectivity index (χ0) is 9.68. The molecule has 0 fully saturated rings. The van der Waals surface area contributed by atoms with Crippen LogP contribution < -0.4 is 5.32 Å². The monoisotopic (exact) mass is 179 g/mol. The van der Waals surface area contributed by atoms with Gasteiger partial charge in [-0.15, -0.1) is 0 Å². The van der Waals surface area contributed by atoms with Crippen LogP contribution in [-0.2, 0) is 6.42 Å². The summed E-state index contributed by atoms with van der Waals surface area (Å²) in [5, 5.41) is 12.1. The molecule has 0 amide bonds. The number of benzene rings is 1. The second-order valence-electron chi connectivity index (χ2n) is 3.12. The van der Waals surface area contributed by atoms with E-state index in [2.05, 4.69) is 36.5 Å². The van der Waals surface area contributed by atoms with Crippen molar-refractivity contribution in [1.82, 2.24) is 5.32 Å². The molecule has 1 aromatic rings. The lowest BCUT2D eigenvalue weighted by atomic mass is 10.0. The Morgan fingerprint density at radius 3 is 2.31 bits per heavy atom. The molecule has 0 unspecified atom stereocenters. The summed E-state index contributed by atoms with van der Waals surface area (Å²) >= 11 is 0. The van der Waals surface area contributed by atoms with Crippen LogP contribution in [0.1, 0.15) is 24.1 Å².